The Morgan fingerprint density at radius 2 is 1.69 bits per heavy atom. The molecule has 0 radical (unpaired) electrons. The minimum atomic E-state index is -4.18. The summed E-state index contributed by atoms with van der Waals surface area (Å²) in [4.78, 5) is 28.1. The lowest BCUT2D eigenvalue weighted by molar-refractivity contribution is -0.139. The molecule has 3 aromatic rings. The highest BCUT2D eigenvalue weighted by atomic mass is 35.5. The van der Waals surface area contributed by atoms with Crippen molar-refractivity contribution in [2.24, 2.45) is 0 Å². The third kappa shape index (κ3) is 7.80. The Hall–Kier alpha value is -3.43. The van der Waals surface area contributed by atoms with Gasteiger partial charge in [-0.05, 0) is 67.8 Å². The average molecular weight is 574 g/mol. The normalized spacial score (nSPS) is 12.0. The van der Waals surface area contributed by atoms with E-state index in [1.165, 1.54) is 47.4 Å². The number of benzene rings is 3. The Kier molecular flexibility index (Phi) is 10.5. The Morgan fingerprint density at radius 1 is 1.03 bits per heavy atom. The summed E-state index contributed by atoms with van der Waals surface area (Å²) >= 11 is 6.33. The first-order valence-electron chi connectivity index (χ1n) is 12.7. The molecule has 39 heavy (non-hydrogen) atoms. The number of aryl methyl sites for hydroxylation is 1. The molecule has 0 aliphatic rings. The molecule has 0 fully saturated rings. The fraction of sp³-hybridized carbons (Fsp3) is 0.310. The predicted octanol–water partition coefficient (Wildman–Crippen LogP) is 5.32. The molecule has 10 heteroatoms. The highest BCUT2D eigenvalue weighted by molar-refractivity contribution is 7.92. The van der Waals surface area contributed by atoms with Crippen LogP contribution in [0, 0.1) is 12.7 Å². The number of anilines is 1. The largest absolute Gasteiger partial charge is 0.354 e. The van der Waals surface area contributed by atoms with E-state index in [2.05, 4.69) is 5.32 Å². The molecule has 2 amide bonds. The molecule has 3 aromatic carbocycles. The summed E-state index contributed by atoms with van der Waals surface area (Å²) in [5, 5.41) is 3.17. The van der Waals surface area contributed by atoms with Crippen LogP contribution in [0.5, 0.6) is 0 Å². The summed E-state index contributed by atoms with van der Waals surface area (Å²) in [6, 6.07) is 17.2. The Bertz CT molecular complexity index is 1390. The van der Waals surface area contributed by atoms with E-state index in [-0.39, 0.29) is 23.0 Å². The van der Waals surface area contributed by atoms with Crippen LogP contribution in [-0.4, -0.2) is 44.3 Å². The molecule has 0 aromatic heterocycles. The summed E-state index contributed by atoms with van der Waals surface area (Å²) in [6.07, 6.45) is 1.67. The van der Waals surface area contributed by atoms with Crippen LogP contribution in [0.2, 0.25) is 5.02 Å². The van der Waals surface area contributed by atoms with Crippen molar-refractivity contribution in [2.75, 3.05) is 17.4 Å². The summed E-state index contributed by atoms with van der Waals surface area (Å²) in [5.41, 5.74) is 1.55. The third-order valence-corrected chi connectivity index (χ3v) is 8.51. The first-order chi connectivity index (χ1) is 18.5. The van der Waals surface area contributed by atoms with Gasteiger partial charge in [-0.2, -0.15) is 0 Å². The molecular weight excluding hydrogens is 541 g/mol. The molecule has 0 saturated heterocycles. The van der Waals surface area contributed by atoms with E-state index in [1.807, 2.05) is 6.92 Å². The van der Waals surface area contributed by atoms with Crippen molar-refractivity contribution < 1.29 is 22.4 Å². The van der Waals surface area contributed by atoms with Crippen molar-refractivity contribution in [3.05, 3.63) is 94.8 Å². The SMILES string of the molecule is CCCCNC(=O)[C@@H](C)N(Cc1ccc(F)cc1)C(=O)CN(c1ccc(C)c(Cl)c1)S(=O)(=O)c1ccccc1. The summed E-state index contributed by atoms with van der Waals surface area (Å²) < 4.78 is 42.0. The number of sulfonamides is 1. The summed E-state index contributed by atoms with van der Waals surface area (Å²) in [7, 11) is -4.18. The monoisotopic (exact) mass is 573 g/mol. The molecule has 0 aliphatic carbocycles. The first kappa shape index (κ1) is 30.1. The van der Waals surface area contributed by atoms with Gasteiger partial charge in [0.2, 0.25) is 11.8 Å². The Balaban J connectivity index is 2.00. The van der Waals surface area contributed by atoms with Crippen molar-refractivity contribution >= 4 is 39.1 Å². The number of nitrogens with zero attached hydrogens (tertiary/aromatic N) is 2. The number of halogens is 2. The lowest BCUT2D eigenvalue weighted by Crippen LogP contribution is -2.51. The second-order valence-electron chi connectivity index (χ2n) is 9.23. The molecule has 208 valence electrons. The van der Waals surface area contributed by atoms with Gasteiger partial charge in [-0.3, -0.25) is 13.9 Å². The number of rotatable bonds is 12. The van der Waals surface area contributed by atoms with Gasteiger partial charge in [-0.25, -0.2) is 12.8 Å². The van der Waals surface area contributed by atoms with Crippen LogP contribution in [0.3, 0.4) is 0 Å². The van der Waals surface area contributed by atoms with Gasteiger partial charge >= 0.3 is 0 Å². The van der Waals surface area contributed by atoms with Gasteiger partial charge in [-0.1, -0.05) is 61.3 Å². The predicted molar refractivity (Wildman–Crippen MR) is 151 cm³/mol. The molecular formula is C29H33ClFN3O4S. The molecule has 0 spiro atoms. The topological polar surface area (TPSA) is 86.8 Å². The average Bonchev–Trinajstić information content (AvgIpc) is 2.93. The minimum Gasteiger partial charge on any atom is -0.354 e. The van der Waals surface area contributed by atoms with Crippen LogP contribution < -0.4 is 9.62 Å². The number of hydrogen-bond donors (Lipinski definition) is 1. The van der Waals surface area contributed by atoms with Crippen LogP contribution in [0.4, 0.5) is 10.1 Å². The number of nitrogens with one attached hydrogen (secondary N) is 1. The third-order valence-electron chi connectivity index (χ3n) is 6.32. The van der Waals surface area contributed by atoms with Gasteiger partial charge in [-0.15, -0.1) is 0 Å². The summed E-state index contributed by atoms with van der Waals surface area (Å²) in [5.74, 6) is -1.40. The maximum Gasteiger partial charge on any atom is 0.264 e. The van der Waals surface area contributed by atoms with Crippen LogP contribution in [0.25, 0.3) is 0 Å². The van der Waals surface area contributed by atoms with Gasteiger partial charge in [0, 0.05) is 18.1 Å². The van der Waals surface area contributed by atoms with E-state index < -0.39 is 34.3 Å². The molecule has 0 heterocycles. The molecule has 0 aliphatic heterocycles. The molecule has 0 saturated carbocycles. The molecule has 1 N–H and O–H groups in total. The van der Waals surface area contributed by atoms with Gasteiger partial charge in [0.25, 0.3) is 10.0 Å². The lowest BCUT2D eigenvalue weighted by atomic mass is 10.1. The number of amides is 2. The van der Waals surface area contributed by atoms with Gasteiger partial charge in [0.15, 0.2) is 0 Å². The van der Waals surface area contributed by atoms with Gasteiger partial charge in [0.1, 0.15) is 18.4 Å². The summed E-state index contributed by atoms with van der Waals surface area (Å²) in [6.45, 7) is 5.23. The Labute approximate surface area is 234 Å². The van der Waals surface area contributed by atoms with Crippen LogP contribution >= 0.6 is 11.6 Å². The van der Waals surface area contributed by atoms with Crippen LogP contribution in [-0.2, 0) is 26.2 Å². The van der Waals surface area contributed by atoms with Crippen LogP contribution in [0.15, 0.2) is 77.7 Å². The first-order valence-corrected chi connectivity index (χ1v) is 14.5. The van der Waals surface area contributed by atoms with Crippen molar-refractivity contribution in [1.82, 2.24) is 10.2 Å². The molecule has 0 bridgehead atoms. The zero-order valence-electron chi connectivity index (χ0n) is 22.2. The maximum atomic E-state index is 13.8. The minimum absolute atomic E-state index is 0.00457. The van der Waals surface area contributed by atoms with Gasteiger partial charge < -0.3 is 10.2 Å². The van der Waals surface area contributed by atoms with Crippen molar-refractivity contribution in [2.45, 2.75) is 51.1 Å². The molecule has 7 nitrogen and oxygen atoms in total. The number of carbonyl (C=O) groups is 2. The van der Waals surface area contributed by atoms with Crippen molar-refractivity contribution in [3.63, 3.8) is 0 Å². The van der Waals surface area contributed by atoms with E-state index in [0.29, 0.717) is 17.1 Å². The Morgan fingerprint density at radius 3 is 2.31 bits per heavy atom. The maximum absolute atomic E-state index is 13.8. The fourth-order valence-corrected chi connectivity index (χ4v) is 5.49. The quantitative estimate of drug-likeness (QED) is 0.297. The number of hydrogen-bond acceptors (Lipinski definition) is 4. The van der Waals surface area contributed by atoms with Gasteiger partial charge in [0.05, 0.1) is 10.6 Å². The second-order valence-corrected chi connectivity index (χ2v) is 11.5. The van der Waals surface area contributed by atoms with E-state index in [4.69, 9.17) is 11.6 Å². The zero-order chi connectivity index (χ0) is 28.6. The van der Waals surface area contributed by atoms with E-state index >= 15 is 0 Å². The molecule has 3 rings (SSSR count). The fourth-order valence-electron chi connectivity index (χ4n) is 3.89. The lowest BCUT2D eigenvalue weighted by Gasteiger charge is -2.32. The highest BCUT2D eigenvalue weighted by Gasteiger charge is 2.32. The number of carbonyl (C=O) groups excluding carboxylic acids is 2. The standard InChI is InChI=1S/C29H33ClFN3O4S/c1-4-5-17-32-29(36)22(3)33(19-23-12-14-24(31)15-13-23)28(35)20-34(25-16-11-21(2)27(30)18-25)39(37,38)26-9-7-6-8-10-26/h6-16,18,22H,4-5,17,19-20H2,1-3H3,(H,32,36)/t22-/m1/s1. The smallest absolute Gasteiger partial charge is 0.264 e. The second kappa shape index (κ2) is 13.6. The highest BCUT2D eigenvalue weighted by Crippen LogP contribution is 2.28. The van der Waals surface area contributed by atoms with Crippen molar-refractivity contribution in [1.29, 1.82) is 0 Å². The number of unbranched alkanes of at least 4 members (excludes halogenated alkanes) is 1. The molecule has 1 atom stereocenters. The van der Waals surface area contributed by atoms with E-state index in [0.717, 1.165) is 22.7 Å². The zero-order valence-corrected chi connectivity index (χ0v) is 23.8. The van der Waals surface area contributed by atoms with Crippen molar-refractivity contribution in [3.8, 4) is 0 Å². The molecule has 0 unspecified atom stereocenters. The van der Waals surface area contributed by atoms with E-state index in [1.54, 1.807) is 44.2 Å². The van der Waals surface area contributed by atoms with E-state index in [9.17, 15) is 22.4 Å². The van der Waals surface area contributed by atoms with Crippen LogP contribution in [0.1, 0.15) is 37.8 Å².